The van der Waals surface area contributed by atoms with Crippen LogP contribution in [0.3, 0.4) is 0 Å². The summed E-state index contributed by atoms with van der Waals surface area (Å²) in [4.78, 5) is 12.2. The Labute approximate surface area is 126 Å². The van der Waals surface area contributed by atoms with Crippen LogP contribution >= 0.6 is 23.1 Å². The van der Waals surface area contributed by atoms with Gasteiger partial charge >= 0.3 is 0 Å². The fraction of sp³-hybridized carbons (Fsp3) is 0.462. The number of carbonyl (C=O) groups excluding carboxylic acids is 1. The van der Waals surface area contributed by atoms with Gasteiger partial charge in [-0.15, -0.1) is 21.5 Å². The van der Waals surface area contributed by atoms with Crippen LogP contribution < -0.4 is 5.73 Å². The van der Waals surface area contributed by atoms with Crippen molar-refractivity contribution >= 4 is 29.0 Å². The molecular formula is C13H18N4OS2. The second-order valence-electron chi connectivity index (χ2n) is 4.70. The standard InChI is InChI=1S/C13H18N4OS2/c1-4-17-12(9-5-10(8(2)3)19-6-9)15-16-13(17)20-7-11(14)18/h5-6,8H,4,7H2,1-3H3,(H2,14,18). The zero-order valence-corrected chi connectivity index (χ0v) is 13.4. The summed E-state index contributed by atoms with van der Waals surface area (Å²) >= 11 is 3.06. The van der Waals surface area contributed by atoms with Gasteiger partial charge < -0.3 is 10.3 Å². The molecule has 5 nitrogen and oxygen atoms in total. The van der Waals surface area contributed by atoms with Crippen molar-refractivity contribution in [2.24, 2.45) is 5.73 Å². The molecule has 108 valence electrons. The summed E-state index contributed by atoms with van der Waals surface area (Å²) in [6.45, 7) is 7.15. The van der Waals surface area contributed by atoms with E-state index >= 15 is 0 Å². The van der Waals surface area contributed by atoms with Crippen LogP contribution in [0.25, 0.3) is 11.4 Å². The van der Waals surface area contributed by atoms with E-state index in [1.807, 2.05) is 11.5 Å². The summed E-state index contributed by atoms with van der Waals surface area (Å²) in [5, 5.41) is 11.3. The Hall–Kier alpha value is -1.34. The zero-order chi connectivity index (χ0) is 14.7. The van der Waals surface area contributed by atoms with Gasteiger partial charge in [-0.05, 0) is 18.9 Å². The molecule has 2 rings (SSSR count). The Balaban J connectivity index is 2.29. The molecule has 0 atom stereocenters. The molecule has 0 fully saturated rings. The summed E-state index contributed by atoms with van der Waals surface area (Å²) in [6.07, 6.45) is 0. The van der Waals surface area contributed by atoms with Gasteiger partial charge in [0.15, 0.2) is 11.0 Å². The maximum absolute atomic E-state index is 10.9. The first-order valence-electron chi connectivity index (χ1n) is 6.46. The third-order valence-corrected chi connectivity index (χ3v) is 5.05. The van der Waals surface area contributed by atoms with Crippen LogP contribution in [-0.4, -0.2) is 26.4 Å². The van der Waals surface area contributed by atoms with E-state index in [0.29, 0.717) is 5.92 Å². The van der Waals surface area contributed by atoms with Crippen LogP contribution in [0, 0.1) is 0 Å². The number of aromatic nitrogens is 3. The minimum absolute atomic E-state index is 0.221. The van der Waals surface area contributed by atoms with Gasteiger partial charge in [0.1, 0.15) is 0 Å². The van der Waals surface area contributed by atoms with Crippen molar-refractivity contribution in [3.63, 3.8) is 0 Å². The number of thioether (sulfide) groups is 1. The predicted octanol–water partition coefficient (Wildman–Crippen LogP) is 2.73. The van der Waals surface area contributed by atoms with Crippen LogP contribution in [0.2, 0.25) is 0 Å². The molecule has 0 unspecified atom stereocenters. The molecule has 0 aromatic carbocycles. The number of hydrogen-bond donors (Lipinski definition) is 1. The normalized spacial score (nSPS) is 11.2. The molecule has 0 aliphatic heterocycles. The molecule has 2 aromatic rings. The van der Waals surface area contributed by atoms with Gasteiger partial charge in [-0.25, -0.2) is 0 Å². The summed E-state index contributed by atoms with van der Waals surface area (Å²) < 4.78 is 2.01. The van der Waals surface area contributed by atoms with E-state index in [4.69, 9.17) is 5.73 Å². The minimum Gasteiger partial charge on any atom is -0.369 e. The Morgan fingerprint density at radius 1 is 1.50 bits per heavy atom. The molecule has 0 bridgehead atoms. The van der Waals surface area contributed by atoms with E-state index in [1.54, 1.807) is 11.3 Å². The van der Waals surface area contributed by atoms with E-state index in [-0.39, 0.29) is 11.7 Å². The second kappa shape index (κ2) is 6.41. The van der Waals surface area contributed by atoms with E-state index in [1.165, 1.54) is 16.6 Å². The maximum atomic E-state index is 10.9. The second-order valence-corrected chi connectivity index (χ2v) is 6.58. The van der Waals surface area contributed by atoms with Crippen LogP contribution in [0.5, 0.6) is 0 Å². The van der Waals surface area contributed by atoms with Gasteiger partial charge in [0.05, 0.1) is 5.75 Å². The highest BCUT2D eigenvalue weighted by molar-refractivity contribution is 7.99. The van der Waals surface area contributed by atoms with Crippen molar-refractivity contribution in [1.29, 1.82) is 0 Å². The number of nitrogens with zero attached hydrogens (tertiary/aromatic N) is 3. The first kappa shape index (κ1) is 15.1. The van der Waals surface area contributed by atoms with Crippen LogP contribution in [-0.2, 0) is 11.3 Å². The van der Waals surface area contributed by atoms with Crippen molar-refractivity contribution in [3.8, 4) is 11.4 Å². The summed E-state index contributed by atoms with van der Waals surface area (Å²) in [5.74, 6) is 1.23. The number of rotatable bonds is 6. The molecule has 2 heterocycles. The van der Waals surface area contributed by atoms with E-state index in [0.717, 1.165) is 23.1 Å². The van der Waals surface area contributed by atoms with Crippen molar-refractivity contribution in [1.82, 2.24) is 14.8 Å². The zero-order valence-electron chi connectivity index (χ0n) is 11.8. The highest BCUT2D eigenvalue weighted by atomic mass is 32.2. The lowest BCUT2D eigenvalue weighted by atomic mass is 10.1. The highest BCUT2D eigenvalue weighted by Crippen LogP contribution is 2.30. The van der Waals surface area contributed by atoms with Crippen molar-refractivity contribution in [2.45, 2.75) is 38.4 Å². The Morgan fingerprint density at radius 2 is 2.25 bits per heavy atom. The third kappa shape index (κ3) is 3.21. The molecular weight excluding hydrogens is 292 g/mol. The van der Waals surface area contributed by atoms with Gasteiger partial charge in [-0.1, -0.05) is 25.6 Å². The summed E-state index contributed by atoms with van der Waals surface area (Å²) in [7, 11) is 0. The fourth-order valence-electron chi connectivity index (χ4n) is 1.80. The van der Waals surface area contributed by atoms with Gasteiger partial charge in [0.25, 0.3) is 0 Å². The molecule has 2 aromatic heterocycles. The van der Waals surface area contributed by atoms with Crippen LogP contribution in [0.15, 0.2) is 16.6 Å². The number of nitrogens with two attached hydrogens (primary N) is 1. The molecule has 1 amide bonds. The van der Waals surface area contributed by atoms with Gasteiger partial charge in [-0.2, -0.15) is 0 Å². The Morgan fingerprint density at radius 3 is 2.80 bits per heavy atom. The molecule has 0 spiro atoms. The molecule has 2 N–H and O–H groups in total. The molecule has 0 saturated heterocycles. The Kier molecular flexibility index (Phi) is 4.82. The first-order chi connectivity index (χ1) is 9.52. The highest BCUT2D eigenvalue weighted by Gasteiger charge is 2.15. The van der Waals surface area contributed by atoms with E-state index < -0.39 is 0 Å². The third-order valence-electron chi connectivity index (χ3n) is 2.82. The smallest absolute Gasteiger partial charge is 0.227 e. The summed E-state index contributed by atoms with van der Waals surface area (Å²) in [6, 6.07) is 2.16. The number of primary amides is 1. The number of thiophene rings is 1. The molecule has 0 saturated carbocycles. The molecule has 0 radical (unpaired) electrons. The number of hydrogen-bond acceptors (Lipinski definition) is 5. The average Bonchev–Trinajstić information content (AvgIpc) is 3.02. The molecule has 7 heteroatoms. The van der Waals surface area contributed by atoms with Crippen molar-refractivity contribution < 1.29 is 4.79 Å². The van der Waals surface area contributed by atoms with Gasteiger partial charge in [0.2, 0.25) is 5.91 Å². The lowest BCUT2D eigenvalue weighted by Crippen LogP contribution is -2.13. The van der Waals surface area contributed by atoms with E-state index in [9.17, 15) is 4.79 Å². The van der Waals surface area contributed by atoms with Crippen molar-refractivity contribution in [2.75, 3.05) is 5.75 Å². The van der Waals surface area contributed by atoms with E-state index in [2.05, 4.69) is 35.5 Å². The van der Waals surface area contributed by atoms with Gasteiger partial charge in [0, 0.05) is 22.4 Å². The number of amides is 1. The van der Waals surface area contributed by atoms with Crippen LogP contribution in [0.1, 0.15) is 31.6 Å². The first-order valence-corrected chi connectivity index (χ1v) is 8.32. The predicted molar refractivity (Wildman–Crippen MR) is 83.0 cm³/mol. The lowest BCUT2D eigenvalue weighted by Gasteiger charge is -2.05. The Bertz CT molecular complexity index is 603. The molecule has 0 aliphatic rings. The fourth-order valence-corrected chi connectivity index (χ4v) is 3.45. The monoisotopic (exact) mass is 310 g/mol. The quantitative estimate of drug-likeness (QED) is 0.833. The molecule has 0 aliphatic carbocycles. The topological polar surface area (TPSA) is 73.8 Å². The number of carbonyl (C=O) groups is 1. The van der Waals surface area contributed by atoms with Crippen LogP contribution in [0.4, 0.5) is 0 Å². The maximum Gasteiger partial charge on any atom is 0.227 e. The SMILES string of the molecule is CCn1c(SCC(N)=O)nnc1-c1csc(C(C)C)c1. The average molecular weight is 310 g/mol. The minimum atomic E-state index is -0.347. The summed E-state index contributed by atoms with van der Waals surface area (Å²) in [5.41, 5.74) is 6.25. The van der Waals surface area contributed by atoms with Gasteiger partial charge in [-0.3, -0.25) is 4.79 Å². The lowest BCUT2D eigenvalue weighted by molar-refractivity contribution is -0.115. The van der Waals surface area contributed by atoms with Crippen molar-refractivity contribution in [3.05, 3.63) is 16.3 Å². The largest absolute Gasteiger partial charge is 0.369 e. The molecule has 20 heavy (non-hydrogen) atoms.